The van der Waals surface area contributed by atoms with Gasteiger partial charge in [-0.2, -0.15) is 0 Å². The molecule has 0 saturated carbocycles. The monoisotopic (exact) mass is 190 g/mol. The highest BCUT2D eigenvalue weighted by Crippen LogP contribution is 2.24. The Hall–Kier alpha value is -0.110. The van der Waals surface area contributed by atoms with Crippen LogP contribution >= 0.6 is 15.9 Å². The van der Waals surface area contributed by atoms with Gasteiger partial charge in [-0.05, 0) is 10.9 Å². The van der Waals surface area contributed by atoms with Gasteiger partial charge in [0.1, 0.15) is 6.29 Å². The summed E-state index contributed by atoms with van der Waals surface area (Å²) in [6, 6.07) is 0. The van der Waals surface area contributed by atoms with Crippen molar-refractivity contribution < 1.29 is 4.79 Å². The van der Waals surface area contributed by atoms with Gasteiger partial charge in [-0.15, -0.1) is 0 Å². The Morgan fingerprint density at radius 3 is 2.33 bits per heavy atom. The number of carbonyl (C=O) groups excluding carboxylic acids is 1. The maximum atomic E-state index is 10.3. The number of hydrogen-bond acceptors (Lipinski definition) is 1. The molecule has 0 aliphatic rings. The summed E-state index contributed by atoms with van der Waals surface area (Å²) in [7, 11) is 0. The Morgan fingerprint density at radius 1 is 1.78 bits per heavy atom. The summed E-state index contributed by atoms with van der Waals surface area (Å²) in [4.78, 5) is 10.3. The molecule has 0 amide bonds. The molecule has 0 aromatic rings. The van der Waals surface area contributed by atoms with E-state index in [0.29, 0.717) is 6.42 Å². The highest BCUT2D eigenvalue weighted by Gasteiger charge is 2.16. The zero-order valence-corrected chi connectivity index (χ0v) is 7.36. The SMILES string of the molecule is C=C(Br)CC(C)(C)C=O. The van der Waals surface area contributed by atoms with Crippen LogP contribution in [0, 0.1) is 5.41 Å². The summed E-state index contributed by atoms with van der Waals surface area (Å²) >= 11 is 3.20. The van der Waals surface area contributed by atoms with Crippen molar-refractivity contribution >= 4 is 22.2 Å². The molecule has 0 atom stereocenters. The molecule has 0 heterocycles. The van der Waals surface area contributed by atoms with Gasteiger partial charge in [0.25, 0.3) is 0 Å². The predicted octanol–water partition coefficient (Wildman–Crippen LogP) is 2.51. The van der Waals surface area contributed by atoms with E-state index in [2.05, 4.69) is 22.5 Å². The number of allylic oxidation sites excluding steroid dienone is 1. The minimum absolute atomic E-state index is 0.263. The molecule has 0 fully saturated rings. The lowest BCUT2D eigenvalue weighted by Gasteiger charge is -2.14. The van der Waals surface area contributed by atoms with E-state index in [9.17, 15) is 4.79 Å². The van der Waals surface area contributed by atoms with Gasteiger partial charge in [0.05, 0.1) is 0 Å². The number of carbonyl (C=O) groups is 1. The van der Waals surface area contributed by atoms with E-state index >= 15 is 0 Å². The van der Waals surface area contributed by atoms with Crippen LogP contribution in [0.1, 0.15) is 20.3 Å². The van der Waals surface area contributed by atoms with Crippen molar-refractivity contribution in [2.45, 2.75) is 20.3 Å². The van der Waals surface area contributed by atoms with Crippen LogP contribution in [0.4, 0.5) is 0 Å². The second-order valence-electron chi connectivity index (χ2n) is 2.80. The Bertz CT molecular complexity index is 127. The van der Waals surface area contributed by atoms with Crippen LogP contribution in [0.25, 0.3) is 0 Å². The predicted molar refractivity (Wildman–Crippen MR) is 42.5 cm³/mol. The van der Waals surface area contributed by atoms with Crippen LogP contribution in [0.15, 0.2) is 11.1 Å². The van der Waals surface area contributed by atoms with Gasteiger partial charge in [-0.3, -0.25) is 0 Å². The quantitative estimate of drug-likeness (QED) is 0.626. The minimum Gasteiger partial charge on any atom is -0.303 e. The lowest BCUT2D eigenvalue weighted by atomic mass is 9.92. The average Bonchev–Trinajstić information content (AvgIpc) is 1.63. The Balaban J connectivity index is 3.86. The van der Waals surface area contributed by atoms with Crippen LogP contribution in [-0.4, -0.2) is 6.29 Å². The van der Waals surface area contributed by atoms with E-state index in [1.807, 2.05) is 13.8 Å². The number of rotatable bonds is 3. The standard InChI is InChI=1S/C7H11BrO/c1-6(8)4-7(2,3)5-9/h5H,1,4H2,2-3H3. The third-order valence-corrected chi connectivity index (χ3v) is 1.25. The first-order chi connectivity index (χ1) is 3.98. The van der Waals surface area contributed by atoms with Crippen molar-refractivity contribution in [1.29, 1.82) is 0 Å². The molecule has 0 aliphatic carbocycles. The summed E-state index contributed by atoms with van der Waals surface area (Å²) in [6.07, 6.45) is 1.65. The Morgan fingerprint density at radius 2 is 2.22 bits per heavy atom. The zero-order valence-electron chi connectivity index (χ0n) is 5.78. The Labute approximate surface area is 64.3 Å². The van der Waals surface area contributed by atoms with Gasteiger partial charge in [0.15, 0.2) is 0 Å². The molecule has 0 bridgehead atoms. The van der Waals surface area contributed by atoms with Gasteiger partial charge in [0, 0.05) is 5.41 Å². The molecule has 0 rings (SSSR count). The van der Waals surface area contributed by atoms with Crippen molar-refractivity contribution in [2.24, 2.45) is 5.41 Å². The second kappa shape index (κ2) is 3.16. The molecule has 1 nitrogen and oxygen atoms in total. The summed E-state index contributed by atoms with van der Waals surface area (Å²) in [5, 5.41) is 0. The van der Waals surface area contributed by atoms with E-state index in [-0.39, 0.29) is 5.41 Å². The first-order valence-corrected chi connectivity index (χ1v) is 3.57. The van der Waals surface area contributed by atoms with E-state index < -0.39 is 0 Å². The van der Waals surface area contributed by atoms with Crippen LogP contribution in [0.2, 0.25) is 0 Å². The summed E-state index contributed by atoms with van der Waals surface area (Å²) in [6.45, 7) is 7.41. The molecule has 0 radical (unpaired) electrons. The zero-order chi connectivity index (χ0) is 7.49. The van der Waals surface area contributed by atoms with Crippen molar-refractivity contribution in [3.8, 4) is 0 Å². The Kier molecular flexibility index (Phi) is 3.12. The van der Waals surface area contributed by atoms with Crippen molar-refractivity contribution in [2.75, 3.05) is 0 Å². The van der Waals surface area contributed by atoms with E-state index in [1.165, 1.54) is 0 Å². The molecular formula is C7H11BrO. The lowest BCUT2D eigenvalue weighted by molar-refractivity contribution is -0.114. The number of halogens is 1. The summed E-state index contributed by atoms with van der Waals surface area (Å²) in [5.74, 6) is 0. The summed E-state index contributed by atoms with van der Waals surface area (Å²) in [5.41, 5.74) is -0.263. The molecule has 0 aromatic carbocycles. The van der Waals surface area contributed by atoms with Crippen LogP contribution in [0.5, 0.6) is 0 Å². The third kappa shape index (κ3) is 4.40. The fourth-order valence-corrected chi connectivity index (χ4v) is 1.26. The molecular weight excluding hydrogens is 180 g/mol. The molecule has 0 N–H and O–H groups in total. The first kappa shape index (κ1) is 8.89. The highest BCUT2D eigenvalue weighted by molar-refractivity contribution is 9.11. The van der Waals surface area contributed by atoms with Gasteiger partial charge >= 0.3 is 0 Å². The fraction of sp³-hybridized carbons (Fsp3) is 0.571. The van der Waals surface area contributed by atoms with Gasteiger partial charge < -0.3 is 4.79 Å². The maximum Gasteiger partial charge on any atom is 0.125 e. The van der Waals surface area contributed by atoms with E-state index in [4.69, 9.17) is 0 Å². The van der Waals surface area contributed by atoms with Crippen molar-refractivity contribution in [3.63, 3.8) is 0 Å². The molecule has 0 spiro atoms. The molecule has 0 unspecified atom stereocenters. The van der Waals surface area contributed by atoms with Gasteiger partial charge in [-0.25, -0.2) is 0 Å². The fourth-order valence-electron chi connectivity index (χ4n) is 0.536. The van der Waals surface area contributed by atoms with Crippen LogP contribution < -0.4 is 0 Å². The molecule has 9 heavy (non-hydrogen) atoms. The maximum absolute atomic E-state index is 10.3. The van der Waals surface area contributed by atoms with Crippen molar-refractivity contribution in [3.05, 3.63) is 11.1 Å². The van der Waals surface area contributed by atoms with Crippen molar-refractivity contribution in [1.82, 2.24) is 0 Å². The van der Waals surface area contributed by atoms with E-state index in [0.717, 1.165) is 10.8 Å². The minimum atomic E-state index is -0.263. The lowest BCUT2D eigenvalue weighted by Crippen LogP contribution is -2.11. The smallest absolute Gasteiger partial charge is 0.125 e. The normalized spacial score (nSPS) is 11.0. The van der Waals surface area contributed by atoms with E-state index in [1.54, 1.807) is 0 Å². The van der Waals surface area contributed by atoms with Gasteiger partial charge in [-0.1, -0.05) is 36.4 Å². The third-order valence-electron chi connectivity index (χ3n) is 0.966. The largest absolute Gasteiger partial charge is 0.303 e. The number of aldehydes is 1. The average molecular weight is 191 g/mol. The molecule has 2 heteroatoms. The molecule has 0 saturated heterocycles. The second-order valence-corrected chi connectivity index (χ2v) is 3.92. The molecule has 52 valence electrons. The first-order valence-electron chi connectivity index (χ1n) is 2.77. The highest BCUT2D eigenvalue weighted by atomic mass is 79.9. The summed E-state index contributed by atoms with van der Waals surface area (Å²) < 4.78 is 0.875. The van der Waals surface area contributed by atoms with Crippen LogP contribution in [0.3, 0.4) is 0 Å². The molecule has 0 aliphatic heterocycles. The van der Waals surface area contributed by atoms with Crippen LogP contribution in [-0.2, 0) is 4.79 Å². The number of hydrogen-bond donors (Lipinski definition) is 0. The van der Waals surface area contributed by atoms with Gasteiger partial charge in [0.2, 0.25) is 0 Å². The topological polar surface area (TPSA) is 17.1 Å². The molecule has 0 aromatic heterocycles.